The maximum atomic E-state index is 13.0. The standard InChI is InChI=1S/C20H24N2O4S/c1-15-6-8-16(9-7-15)14-21(2)27(24,25)17-10-11-19(26-3)18(13-17)22-12-4-5-20(22)23/h6-11,13H,4-5,12,14H2,1-3H3. The number of nitrogens with zero attached hydrogens (tertiary/aromatic N) is 2. The number of carbonyl (C=O) groups excluding carboxylic acids is 1. The van der Waals surface area contributed by atoms with Gasteiger partial charge in [0.1, 0.15) is 5.75 Å². The maximum absolute atomic E-state index is 13.0. The third kappa shape index (κ3) is 3.99. The van der Waals surface area contributed by atoms with Gasteiger partial charge in [-0.2, -0.15) is 4.31 Å². The minimum absolute atomic E-state index is 0.0177. The van der Waals surface area contributed by atoms with E-state index in [0.717, 1.165) is 17.5 Å². The molecule has 0 N–H and O–H groups in total. The van der Waals surface area contributed by atoms with Crippen LogP contribution in [0, 0.1) is 6.92 Å². The number of anilines is 1. The van der Waals surface area contributed by atoms with E-state index in [1.54, 1.807) is 18.0 Å². The van der Waals surface area contributed by atoms with Crippen molar-refractivity contribution in [2.75, 3.05) is 25.6 Å². The molecule has 1 heterocycles. The van der Waals surface area contributed by atoms with E-state index in [1.807, 2.05) is 31.2 Å². The molecule has 0 spiro atoms. The highest BCUT2D eigenvalue weighted by Gasteiger charge is 2.28. The van der Waals surface area contributed by atoms with Crippen LogP contribution in [-0.4, -0.2) is 39.3 Å². The quantitative estimate of drug-likeness (QED) is 0.763. The van der Waals surface area contributed by atoms with Gasteiger partial charge in [-0.15, -0.1) is 0 Å². The Bertz CT molecular complexity index is 939. The third-order valence-corrected chi connectivity index (χ3v) is 6.55. The summed E-state index contributed by atoms with van der Waals surface area (Å²) >= 11 is 0. The van der Waals surface area contributed by atoms with E-state index >= 15 is 0 Å². The average molecular weight is 388 g/mol. The number of methoxy groups -OCH3 is 1. The highest BCUT2D eigenvalue weighted by atomic mass is 32.2. The minimum Gasteiger partial charge on any atom is -0.495 e. The first-order chi connectivity index (χ1) is 12.8. The van der Waals surface area contributed by atoms with Crippen LogP contribution < -0.4 is 9.64 Å². The minimum atomic E-state index is -3.70. The highest BCUT2D eigenvalue weighted by Crippen LogP contribution is 2.34. The lowest BCUT2D eigenvalue weighted by Crippen LogP contribution is -2.28. The molecule has 2 aromatic rings. The lowest BCUT2D eigenvalue weighted by atomic mass is 10.1. The van der Waals surface area contributed by atoms with Crippen molar-refractivity contribution in [1.82, 2.24) is 4.31 Å². The van der Waals surface area contributed by atoms with Gasteiger partial charge in [-0.25, -0.2) is 8.42 Å². The van der Waals surface area contributed by atoms with Crippen molar-refractivity contribution in [1.29, 1.82) is 0 Å². The third-order valence-electron chi connectivity index (χ3n) is 4.75. The summed E-state index contributed by atoms with van der Waals surface area (Å²) in [6, 6.07) is 12.4. The number of hydrogen-bond donors (Lipinski definition) is 0. The molecule has 1 amide bonds. The maximum Gasteiger partial charge on any atom is 0.243 e. The van der Waals surface area contributed by atoms with Crippen LogP contribution in [0.4, 0.5) is 5.69 Å². The first-order valence-electron chi connectivity index (χ1n) is 8.83. The smallest absolute Gasteiger partial charge is 0.243 e. The Balaban J connectivity index is 1.91. The number of carbonyl (C=O) groups is 1. The monoisotopic (exact) mass is 388 g/mol. The number of amides is 1. The molecule has 3 rings (SSSR count). The van der Waals surface area contributed by atoms with E-state index in [1.165, 1.54) is 23.5 Å². The predicted octanol–water partition coefficient (Wildman–Crippen LogP) is 2.95. The summed E-state index contributed by atoms with van der Waals surface area (Å²) in [6.07, 6.45) is 1.22. The van der Waals surface area contributed by atoms with Gasteiger partial charge in [0.2, 0.25) is 15.9 Å². The second kappa shape index (κ2) is 7.70. The van der Waals surface area contributed by atoms with E-state index < -0.39 is 10.0 Å². The van der Waals surface area contributed by atoms with Gasteiger partial charge in [0.15, 0.2) is 0 Å². The molecule has 6 nitrogen and oxygen atoms in total. The Morgan fingerprint density at radius 1 is 1.15 bits per heavy atom. The zero-order chi connectivity index (χ0) is 19.6. The van der Waals surface area contributed by atoms with Gasteiger partial charge < -0.3 is 9.64 Å². The SMILES string of the molecule is COc1ccc(S(=O)(=O)N(C)Cc2ccc(C)cc2)cc1N1CCCC1=O. The number of ether oxygens (including phenoxy) is 1. The Hall–Kier alpha value is -2.38. The summed E-state index contributed by atoms with van der Waals surface area (Å²) in [5.41, 5.74) is 2.54. The molecule has 1 aliphatic rings. The van der Waals surface area contributed by atoms with Gasteiger partial charge in [0.25, 0.3) is 0 Å². The van der Waals surface area contributed by atoms with Crippen molar-refractivity contribution in [2.24, 2.45) is 0 Å². The van der Waals surface area contributed by atoms with Crippen LogP contribution in [0.1, 0.15) is 24.0 Å². The van der Waals surface area contributed by atoms with Crippen LogP contribution >= 0.6 is 0 Å². The number of aryl methyl sites for hydroxylation is 1. The first-order valence-corrected chi connectivity index (χ1v) is 10.3. The second-order valence-electron chi connectivity index (χ2n) is 6.73. The summed E-state index contributed by atoms with van der Waals surface area (Å²) in [7, 11) is -0.635. The van der Waals surface area contributed by atoms with Crippen molar-refractivity contribution in [2.45, 2.75) is 31.2 Å². The fraction of sp³-hybridized carbons (Fsp3) is 0.350. The Morgan fingerprint density at radius 2 is 1.85 bits per heavy atom. The molecule has 0 saturated carbocycles. The van der Waals surface area contributed by atoms with Gasteiger partial charge in [0.05, 0.1) is 17.7 Å². The molecule has 1 saturated heterocycles. The molecule has 0 aliphatic carbocycles. The van der Waals surface area contributed by atoms with Crippen molar-refractivity contribution in [3.63, 3.8) is 0 Å². The molecular formula is C20H24N2O4S. The summed E-state index contributed by atoms with van der Waals surface area (Å²) in [6.45, 7) is 2.83. The fourth-order valence-electron chi connectivity index (χ4n) is 3.16. The molecule has 0 aromatic heterocycles. The predicted molar refractivity (Wildman–Crippen MR) is 104 cm³/mol. The van der Waals surface area contributed by atoms with Crippen molar-refractivity contribution >= 4 is 21.6 Å². The van der Waals surface area contributed by atoms with E-state index in [4.69, 9.17) is 4.74 Å². The van der Waals surface area contributed by atoms with E-state index in [0.29, 0.717) is 24.4 Å². The van der Waals surface area contributed by atoms with E-state index in [9.17, 15) is 13.2 Å². The van der Waals surface area contributed by atoms with Crippen LogP contribution in [0.25, 0.3) is 0 Å². The molecule has 2 aromatic carbocycles. The number of hydrogen-bond acceptors (Lipinski definition) is 4. The Kier molecular flexibility index (Phi) is 5.53. The van der Waals surface area contributed by atoms with E-state index in [-0.39, 0.29) is 17.3 Å². The highest BCUT2D eigenvalue weighted by molar-refractivity contribution is 7.89. The zero-order valence-electron chi connectivity index (χ0n) is 15.8. The Morgan fingerprint density at radius 3 is 2.44 bits per heavy atom. The summed E-state index contributed by atoms with van der Waals surface area (Å²) in [5, 5.41) is 0. The second-order valence-corrected chi connectivity index (χ2v) is 8.77. The van der Waals surface area contributed by atoms with Gasteiger partial charge in [-0.3, -0.25) is 4.79 Å². The first kappa shape index (κ1) is 19.4. The summed E-state index contributed by atoms with van der Waals surface area (Å²) < 4.78 is 32.7. The number of rotatable bonds is 6. The van der Waals surface area contributed by atoms with Gasteiger partial charge in [0, 0.05) is 26.6 Å². The summed E-state index contributed by atoms with van der Waals surface area (Å²) in [5.74, 6) is 0.473. The van der Waals surface area contributed by atoms with Crippen LogP contribution in [0.3, 0.4) is 0 Å². The lowest BCUT2D eigenvalue weighted by Gasteiger charge is -2.22. The van der Waals surface area contributed by atoms with Gasteiger partial charge in [-0.05, 0) is 37.1 Å². The van der Waals surface area contributed by atoms with Crippen LogP contribution in [0.2, 0.25) is 0 Å². The largest absolute Gasteiger partial charge is 0.495 e. The molecule has 0 radical (unpaired) electrons. The zero-order valence-corrected chi connectivity index (χ0v) is 16.6. The number of benzene rings is 2. The molecule has 27 heavy (non-hydrogen) atoms. The van der Waals surface area contributed by atoms with Gasteiger partial charge in [-0.1, -0.05) is 29.8 Å². The lowest BCUT2D eigenvalue weighted by molar-refractivity contribution is -0.117. The van der Waals surface area contributed by atoms with Crippen LogP contribution in [-0.2, 0) is 21.4 Å². The van der Waals surface area contributed by atoms with Crippen molar-refractivity contribution in [3.05, 3.63) is 53.6 Å². The number of sulfonamides is 1. The Labute approximate surface area is 160 Å². The van der Waals surface area contributed by atoms with Crippen LogP contribution in [0.15, 0.2) is 47.4 Å². The van der Waals surface area contributed by atoms with Crippen molar-refractivity contribution < 1.29 is 17.9 Å². The van der Waals surface area contributed by atoms with Gasteiger partial charge >= 0.3 is 0 Å². The van der Waals surface area contributed by atoms with E-state index in [2.05, 4.69) is 0 Å². The average Bonchev–Trinajstić information content (AvgIpc) is 3.08. The molecule has 0 atom stereocenters. The molecule has 0 unspecified atom stereocenters. The van der Waals surface area contributed by atoms with Crippen LogP contribution in [0.5, 0.6) is 5.75 Å². The fourth-order valence-corrected chi connectivity index (χ4v) is 4.34. The molecular weight excluding hydrogens is 364 g/mol. The molecule has 0 bridgehead atoms. The summed E-state index contributed by atoms with van der Waals surface area (Å²) in [4.78, 5) is 13.9. The topological polar surface area (TPSA) is 66.9 Å². The molecule has 1 fully saturated rings. The molecule has 7 heteroatoms. The molecule has 1 aliphatic heterocycles. The van der Waals surface area contributed by atoms with Crippen molar-refractivity contribution in [3.8, 4) is 5.75 Å². The molecule has 144 valence electrons. The normalized spacial score (nSPS) is 14.8.